The Morgan fingerprint density at radius 2 is 1.82 bits per heavy atom. The van der Waals surface area contributed by atoms with Gasteiger partial charge in [-0.2, -0.15) is 0 Å². The molecule has 3 atom stereocenters. The fourth-order valence-electron chi connectivity index (χ4n) is 7.94. The second kappa shape index (κ2) is 13.6. The molecule has 8 bridgehead atoms. The van der Waals surface area contributed by atoms with Gasteiger partial charge in [0.2, 0.25) is 0 Å². The number of allylic oxidation sites excluding steroid dienone is 11. The number of aliphatic hydroxyl groups excluding tert-OH is 1. The van der Waals surface area contributed by atoms with Crippen LogP contribution < -0.4 is 5.32 Å². The minimum absolute atomic E-state index is 0.000800. The second-order valence-electron chi connectivity index (χ2n) is 13.7. The van der Waals surface area contributed by atoms with Crippen LogP contribution in [0.1, 0.15) is 72.8 Å². The summed E-state index contributed by atoms with van der Waals surface area (Å²) in [6, 6.07) is 8.38. The van der Waals surface area contributed by atoms with Gasteiger partial charge in [-0.3, -0.25) is 4.79 Å². The second-order valence-corrected chi connectivity index (χ2v) is 15.0. The fraction of sp³-hybridized carbons (Fsp3) is 0.366. The summed E-state index contributed by atoms with van der Waals surface area (Å²) in [6.45, 7) is 13.2. The van der Waals surface area contributed by atoms with Crippen LogP contribution in [0.15, 0.2) is 131 Å². The summed E-state index contributed by atoms with van der Waals surface area (Å²) in [5.74, 6) is 0.143. The number of hydrogen-bond donors (Lipinski definition) is 2. The van der Waals surface area contributed by atoms with Gasteiger partial charge in [0.25, 0.3) is 0 Å². The molecule has 0 aromatic heterocycles. The van der Waals surface area contributed by atoms with Crippen LogP contribution in [0.2, 0.25) is 0 Å². The number of esters is 1. The molecule has 5 aliphatic heterocycles. The summed E-state index contributed by atoms with van der Waals surface area (Å²) in [5, 5.41) is 15.1. The molecule has 2 N–H and O–H groups in total. The molecule has 5 heterocycles. The van der Waals surface area contributed by atoms with Crippen LogP contribution >= 0.6 is 22.6 Å². The molecular formula is C41H43IN4O4. The fourth-order valence-corrected chi connectivity index (χ4v) is 8.55. The molecule has 9 heteroatoms. The molecular weight excluding hydrogens is 736 g/mol. The number of methoxy groups -OCH3 is 1. The van der Waals surface area contributed by atoms with Crippen LogP contribution in [-0.2, 0) is 20.9 Å². The lowest BCUT2D eigenvalue weighted by Crippen LogP contribution is -2.16. The highest BCUT2D eigenvalue weighted by Crippen LogP contribution is 2.46. The van der Waals surface area contributed by atoms with E-state index in [2.05, 4.69) is 105 Å². The number of nitrogens with zero attached hydrogens (tertiary/aromatic N) is 3. The highest BCUT2D eigenvalue weighted by atomic mass is 124. The van der Waals surface area contributed by atoms with Gasteiger partial charge < -0.3 is 19.9 Å². The molecule has 258 valence electrons. The van der Waals surface area contributed by atoms with Gasteiger partial charge >= 0.3 is 5.97 Å². The van der Waals surface area contributed by atoms with E-state index in [0.717, 1.165) is 91.0 Å². The van der Waals surface area contributed by atoms with E-state index in [1.807, 2.05) is 6.92 Å². The lowest BCUT2D eigenvalue weighted by atomic mass is 9.86. The SMILES string of the molecule is CCC1=C(C)C2=NC1=CC1=C(C)C3=C(O)CC(=C4NC(=CC5=NC(=C2)C(C(C)OCc2cccc([124I])c2)=C5C)[C@@H](C)[C@@H]4CCC(=O)OC)C3=N1. The monoisotopic (exact) mass is 779 g/mol. The zero-order valence-electron chi connectivity index (χ0n) is 29.7. The summed E-state index contributed by atoms with van der Waals surface area (Å²) >= 11 is 2.33. The largest absolute Gasteiger partial charge is 0.511 e. The van der Waals surface area contributed by atoms with Crippen molar-refractivity contribution in [2.45, 2.75) is 79.9 Å². The number of carbonyl (C=O) groups excluding carboxylic acids is 1. The smallest absolute Gasteiger partial charge is 0.305 e. The Balaban J connectivity index is 1.38. The Bertz CT molecular complexity index is 2080. The first-order chi connectivity index (χ1) is 24.0. The molecule has 1 aromatic rings. The van der Waals surface area contributed by atoms with Crippen LogP contribution in [0, 0.1) is 15.4 Å². The van der Waals surface area contributed by atoms with Crippen LogP contribution in [0.25, 0.3) is 0 Å². The van der Waals surface area contributed by atoms with Crippen molar-refractivity contribution in [1.82, 2.24) is 5.32 Å². The van der Waals surface area contributed by atoms with E-state index >= 15 is 0 Å². The minimum atomic E-state index is -0.237. The molecule has 8 nitrogen and oxygen atoms in total. The molecule has 0 radical (unpaired) electrons. The molecule has 50 heavy (non-hydrogen) atoms. The van der Waals surface area contributed by atoms with Crippen LogP contribution in [0.5, 0.6) is 0 Å². The van der Waals surface area contributed by atoms with Crippen molar-refractivity contribution in [2.24, 2.45) is 26.8 Å². The van der Waals surface area contributed by atoms with Gasteiger partial charge in [-0.05, 0) is 121 Å². The predicted octanol–water partition coefficient (Wildman–Crippen LogP) is 8.82. The Kier molecular flexibility index (Phi) is 9.32. The number of aliphatic imine (C=N–C) groups is 3. The van der Waals surface area contributed by atoms with Gasteiger partial charge in [0.05, 0.1) is 54.0 Å². The topological polar surface area (TPSA) is 105 Å². The first kappa shape index (κ1) is 34.4. The number of carbonyl (C=O) groups is 1. The lowest BCUT2D eigenvalue weighted by molar-refractivity contribution is -0.140. The highest BCUT2D eigenvalue weighted by Gasteiger charge is 2.41. The van der Waals surface area contributed by atoms with Gasteiger partial charge in [0.1, 0.15) is 5.76 Å². The maximum atomic E-state index is 12.4. The number of fused-ring (bicyclic) bond motifs is 5. The van der Waals surface area contributed by atoms with Gasteiger partial charge in [-0.1, -0.05) is 26.0 Å². The van der Waals surface area contributed by atoms with Crippen molar-refractivity contribution in [2.75, 3.05) is 7.11 Å². The van der Waals surface area contributed by atoms with Crippen molar-refractivity contribution in [3.8, 4) is 0 Å². The van der Waals surface area contributed by atoms with E-state index in [0.29, 0.717) is 31.6 Å². The molecule has 1 saturated heterocycles. The third-order valence-electron chi connectivity index (χ3n) is 10.8. The van der Waals surface area contributed by atoms with Gasteiger partial charge in [-0.15, -0.1) is 0 Å². The first-order valence-electron chi connectivity index (χ1n) is 17.4. The maximum Gasteiger partial charge on any atom is 0.305 e. The lowest BCUT2D eigenvalue weighted by Gasteiger charge is -2.17. The van der Waals surface area contributed by atoms with E-state index in [1.54, 1.807) is 0 Å². The van der Waals surface area contributed by atoms with Crippen molar-refractivity contribution in [3.63, 3.8) is 0 Å². The molecule has 1 aromatic carbocycles. The molecule has 7 rings (SSSR count). The van der Waals surface area contributed by atoms with E-state index in [9.17, 15) is 9.90 Å². The average Bonchev–Trinajstić information content (AvgIpc) is 3.85. The molecule has 0 saturated carbocycles. The molecule has 0 amide bonds. The number of benzene rings is 1. The van der Waals surface area contributed by atoms with Crippen LogP contribution in [0.4, 0.5) is 0 Å². The van der Waals surface area contributed by atoms with Crippen LogP contribution in [-0.4, -0.2) is 41.4 Å². The molecule has 6 aliphatic rings. The number of rotatable bonds is 8. The van der Waals surface area contributed by atoms with Gasteiger partial charge in [0, 0.05) is 56.4 Å². The van der Waals surface area contributed by atoms with Crippen molar-refractivity contribution in [3.05, 3.63) is 125 Å². The predicted molar refractivity (Wildman–Crippen MR) is 207 cm³/mol. The van der Waals surface area contributed by atoms with Crippen molar-refractivity contribution < 1.29 is 19.4 Å². The summed E-state index contributed by atoms with van der Waals surface area (Å²) in [5.41, 5.74) is 15.3. The van der Waals surface area contributed by atoms with E-state index in [4.69, 9.17) is 24.5 Å². The molecule has 1 aliphatic carbocycles. The number of ether oxygens (including phenoxy) is 2. The van der Waals surface area contributed by atoms with E-state index in [-0.39, 0.29) is 23.9 Å². The molecule has 1 fully saturated rings. The van der Waals surface area contributed by atoms with Gasteiger partial charge in [-0.25, -0.2) is 15.0 Å². The molecule has 0 spiro atoms. The highest BCUT2D eigenvalue weighted by molar-refractivity contribution is 14.1. The Hall–Kier alpha value is -4.09. The van der Waals surface area contributed by atoms with Gasteiger partial charge in [0.15, 0.2) is 0 Å². The summed E-state index contributed by atoms with van der Waals surface area (Å²) < 4.78 is 12.7. The molecule has 1 unspecified atom stereocenters. The van der Waals surface area contributed by atoms with Crippen molar-refractivity contribution >= 4 is 45.7 Å². The number of hydrogen-bond acceptors (Lipinski definition) is 8. The Morgan fingerprint density at radius 3 is 2.56 bits per heavy atom. The Morgan fingerprint density at radius 1 is 1.06 bits per heavy atom. The standard InChI is InChI=1S/C41H43IN4O4/c1-8-27-20(2)30-18-35-38(24(6)50-19-25-10-9-11-26(42)14-25)22(4)32(44-35)16-31-21(3)28(12-13-37(48)49-7)40(45-31)29-15-36(47)39-23(5)33(46-41(29)39)17-34(27)43-30/h9-11,14,16-18,21,24,28,45,47H,8,12-13,15,19H2,1-7H3/t21-,24?,28-/m0/s1/i42-3. The minimum Gasteiger partial charge on any atom is -0.511 e. The number of aliphatic hydroxyl groups is 1. The van der Waals surface area contributed by atoms with Crippen molar-refractivity contribution in [1.29, 1.82) is 0 Å². The maximum absolute atomic E-state index is 12.4. The van der Waals surface area contributed by atoms with Crippen LogP contribution in [0.3, 0.4) is 0 Å². The third kappa shape index (κ3) is 6.02. The quantitative estimate of drug-likeness (QED) is 0.203. The van der Waals surface area contributed by atoms with E-state index in [1.165, 1.54) is 16.3 Å². The zero-order valence-corrected chi connectivity index (χ0v) is 31.9. The first-order valence-corrected chi connectivity index (χ1v) is 18.5. The Labute approximate surface area is 307 Å². The summed E-state index contributed by atoms with van der Waals surface area (Å²) in [7, 11) is 1.43. The normalized spacial score (nSPS) is 23.3. The zero-order chi connectivity index (χ0) is 35.4. The third-order valence-corrected chi connectivity index (χ3v) is 11.5. The number of nitrogens with one attached hydrogen (secondary N) is 1. The average molecular weight is 780 g/mol. The summed E-state index contributed by atoms with van der Waals surface area (Å²) in [4.78, 5) is 27.9. The number of halogens is 1. The summed E-state index contributed by atoms with van der Waals surface area (Å²) in [6.07, 6.45) is 8.19. The van der Waals surface area contributed by atoms with E-state index < -0.39 is 0 Å².